The molecule has 1 aromatic carbocycles. The molecule has 8 heteroatoms. The molecule has 1 aromatic heterocycles. The molecule has 1 heterocycles. The van der Waals surface area contributed by atoms with Gasteiger partial charge in [-0.3, -0.25) is 9.48 Å². The van der Waals surface area contributed by atoms with E-state index in [4.69, 9.17) is 10.7 Å². The number of hydrogen-bond donors (Lipinski definition) is 1. The van der Waals surface area contributed by atoms with E-state index < -0.39 is 9.05 Å². The first-order valence-electron chi connectivity index (χ1n) is 5.63. The lowest BCUT2D eigenvalue weighted by Gasteiger charge is -2.04. The number of nitrogens with zero attached hydrogens (tertiary/aromatic N) is 2. The van der Waals surface area contributed by atoms with Crippen LogP contribution in [0.3, 0.4) is 0 Å². The third-order valence-electron chi connectivity index (χ3n) is 2.65. The summed E-state index contributed by atoms with van der Waals surface area (Å²) in [6.07, 6.45) is 1.61. The highest BCUT2D eigenvalue weighted by Crippen LogP contribution is 2.18. The Morgan fingerprint density at radius 1 is 1.30 bits per heavy atom. The third kappa shape index (κ3) is 3.17. The van der Waals surface area contributed by atoms with Gasteiger partial charge in [-0.15, -0.1) is 0 Å². The molecule has 1 amide bonds. The zero-order valence-corrected chi connectivity index (χ0v) is 12.4. The molecular weight excluding hydrogens is 302 g/mol. The number of benzene rings is 1. The zero-order valence-electron chi connectivity index (χ0n) is 10.8. The number of amides is 1. The standard InChI is InChI=1S/C12H12ClN3O3S/c1-8-11(7-16(2)15-8)12(17)14-9-3-5-10(6-4-9)20(13,18)19/h3-7H,1-2H3,(H,14,17). The van der Waals surface area contributed by atoms with Gasteiger partial charge in [-0.25, -0.2) is 8.42 Å². The van der Waals surface area contributed by atoms with Crippen molar-refractivity contribution in [3.8, 4) is 0 Å². The van der Waals surface area contributed by atoms with Crippen LogP contribution < -0.4 is 5.32 Å². The fourth-order valence-corrected chi connectivity index (χ4v) is 2.49. The topological polar surface area (TPSA) is 81.1 Å². The second-order valence-electron chi connectivity index (χ2n) is 4.22. The Hall–Kier alpha value is -1.86. The van der Waals surface area contributed by atoms with Crippen molar-refractivity contribution in [1.29, 1.82) is 0 Å². The molecule has 0 unspecified atom stereocenters. The van der Waals surface area contributed by atoms with Crippen LogP contribution in [0.15, 0.2) is 35.4 Å². The van der Waals surface area contributed by atoms with Crippen molar-refractivity contribution in [2.24, 2.45) is 7.05 Å². The lowest BCUT2D eigenvalue weighted by molar-refractivity contribution is 0.102. The van der Waals surface area contributed by atoms with E-state index in [0.29, 0.717) is 16.9 Å². The Morgan fingerprint density at radius 2 is 1.90 bits per heavy atom. The summed E-state index contributed by atoms with van der Waals surface area (Å²) in [5, 5.41) is 6.74. The minimum absolute atomic E-state index is 0.0188. The van der Waals surface area contributed by atoms with Crippen molar-refractivity contribution in [3.63, 3.8) is 0 Å². The fraction of sp³-hybridized carbons (Fsp3) is 0.167. The van der Waals surface area contributed by atoms with E-state index in [1.54, 1.807) is 24.9 Å². The monoisotopic (exact) mass is 313 g/mol. The van der Waals surface area contributed by atoms with Gasteiger partial charge in [0.15, 0.2) is 0 Å². The van der Waals surface area contributed by atoms with Crippen LogP contribution in [-0.2, 0) is 16.1 Å². The summed E-state index contributed by atoms with van der Waals surface area (Å²) in [6.45, 7) is 1.73. The predicted octanol–water partition coefficient (Wildman–Crippen LogP) is 1.91. The van der Waals surface area contributed by atoms with E-state index in [-0.39, 0.29) is 10.8 Å². The van der Waals surface area contributed by atoms with Gasteiger partial charge in [-0.05, 0) is 31.2 Å². The van der Waals surface area contributed by atoms with Crippen molar-refractivity contribution in [1.82, 2.24) is 9.78 Å². The number of halogens is 1. The average molecular weight is 314 g/mol. The quantitative estimate of drug-likeness (QED) is 0.878. The van der Waals surface area contributed by atoms with Crippen LogP contribution >= 0.6 is 10.7 Å². The Kier molecular flexibility index (Phi) is 3.82. The number of anilines is 1. The van der Waals surface area contributed by atoms with Gasteiger partial charge in [-0.2, -0.15) is 5.10 Å². The van der Waals surface area contributed by atoms with Crippen molar-refractivity contribution in [2.75, 3.05) is 5.32 Å². The van der Waals surface area contributed by atoms with Gasteiger partial charge in [0.1, 0.15) is 0 Å². The summed E-state index contributed by atoms with van der Waals surface area (Å²) in [5.74, 6) is -0.308. The van der Waals surface area contributed by atoms with Gasteiger partial charge in [0.25, 0.3) is 15.0 Å². The van der Waals surface area contributed by atoms with Crippen LogP contribution in [0.4, 0.5) is 5.69 Å². The minimum atomic E-state index is -3.76. The van der Waals surface area contributed by atoms with Crippen LogP contribution in [0.2, 0.25) is 0 Å². The molecule has 106 valence electrons. The molecule has 0 radical (unpaired) electrons. The second kappa shape index (κ2) is 5.26. The van der Waals surface area contributed by atoms with Gasteiger partial charge < -0.3 is 5.32 Å². The van der Waals surface area contributed by atoms with Crippen LogP contribution in [0.5, 0.6) is 0 Å². The normalized spacial score (nSPS) is 11.3. The fourth-order valence-electron chi connectivity index (χ4n) is 1.72. The van der Waals surface area contributed by atoms with E-state index in [0.717, 1.165) is 0 Å². The molecule has 0 fully saturated rings. The van der Waals surface area contributed by atoms with Gasteiger partial charge in [-0.1, -0.05) is 0 Å². The number of aromatic nitrogens is 2. The number of nitrogens with one attached hydrogen (secondary N) is 1. The van der Waals surface area contributed by atoms with Crippen molar-refractivity contribution in [3.05, 3.63) is 41.7 Å². The third-order valence-corrected chi connectivity index (χ3v) is 4.02. The average Bonchev–Trinajstić information content (AvgIpc) is 2.68. The van der Waals surface area contributed by atoms with E-state index in [2.05, 4.69) is 10.4 Å². The minimum Gasteiger partial charge on any atom is -0.322 e. The summed E-state index contributed by atoms with van der Waals surface area (Å²) in [5.41, 5.74) is 1.55. The van der Waals surface area contributed by atoms with E-state index >= 15 is 0 Å². The first-order valence-corrected chi connectivity index (χ1v) is 7.94. The van der Waals surface area contributed by atoms with Crippen LogP contribution in [0, 0.1) is 6.92 Å². The molecule has 0 spiro atoms. The van der Waals surface area contributed by atoms with Crippen molar-refractivity contribution in [2.45, 2.75) is 11.8 Å². The first kappa shape index (κ1) is 14.5. The maximum absolute atomic E-state index is 12.0. The molecule has 0 atom stereocenters. The van der Waals surface area contributed by atoms with Crippen molar-refractivity contribution < 1.29 is 13.2 Å². The molecule has 0 saturated carbocycles. The second-order valence-corrected chi connectivity index (χ2v) is 6.78. The molecule has 20 heavy (non-hydrogen) atoms. The van der Waals surface area contributed by atoms with E-state index in [9.17, 15) is 13.2 Å². The molecule has 0 bridgehead atoms. The Balaban J connectivity index is 2.18. The molecule has 2 aromatic rings. The molecule has 2 rings (SSSR count). The maximum atomic E-state index is 12.0. The van der Waals surface area contributed by atoms with Gasteiger partial charge >= 0.3 is 0 Å². The molecule has 0 aliphatic heterocycles. The molecule has 0 aliphatic carbocycles. The summed E-state index contributed by atoms with van der Waals surface area (Å²) < 4.78 is 23.8. The Labute approximate surface area is 120 Å². The number of aryl methyl sites for hydroxylation is 2. The molecule has 1 N–H and O–H groups in total. The highest BCUT2D eigenvalue weighted by atomic mass is 35.7. The number of hydrogen-bond acceptors (Lipinski definition) is 4. The van der Waals surface area contributed by atoms with Gasteiger partial charge in [0.2, 0.25) is 0 Å². The number of carbonyl (C=O) groups excluding carboxylic acids is 1. The van der Waals surface area contributed by atoms with Gasteiger partial charge in [0.05, 0.1) is 16.2 Å². The van der Waals surface area contributed by atoms with Gasteiger partial charge in [0, 0.05) is 29.6 Å². The number of carbonyl (C=O) groups is 1. The lowest BCUT2D eigenvalue weighted by Crippen LogP contribution is -2.12. The Morgan fingerprint density at radius 3 is 2.35 bits per heavy atom. The van der Waals surface area contributed by atoms with E-state index in [1.165, 1.54) is 24.3 Å². The number of rotatable bonds is 3. The molecule has 0 saturated heterocycles. The molecule has 6 nitrogen and oxygen atoms in total. The molecule has 0 aliphatic rings. The predicted molar refractivity (Wildman–Crippen MR) is 75.4 cm³/mol. The SMILES string of the molecule is Cc1nn(C)cc1C(=O)Nc1ccc(S(=O)(=O)Cl)cc1. The zero-order chi connectivity index (χ0) is 14.9. The highest BCUT2D eigenvalue weighted by Gasteiger charge is 2.13. The van der Waals surface area contributed by atoms with E-state index in [1.807, 2.05) is 0 Å². The summed E-state index contributed by atoms with van der Waals surface area (Å²) in [4.78, 5) is 12.0. The van der Waals surface area contributed by atoms with Crippen LogP contribution in [0.1, 0.15) is 16.1 Å². The lowest BCUT2D eigenvalue weighted by atomic mass is 10.2. The largest absolute Gasteiger partial charge is 0.322 e. The Bertz CT molecular complexity index is 751. The first-order chi connectivity index (χ1) is 9.27. The summed E-state index contributed by atoms with van der Waals surface area (Å²) in [7, 11) is 3.18. The summed E-state index contributed by atoms with van der Waals surface area (Å²) >= 11 is 0. The summed E-state index contributed by atoms with van der Waals surface area (Å²) in [6, 6.07) is 5.60. The van der Waals surface area contributed by atoms with Crippen LogP contribution in [-0.4, -0.2) is 24.1 Å². The van der Waals surface area contributed by atoms with Crippen LogP contribution in [0.25, 0.3) is 0 Å². The molecular formula is C12H12ClN3O3S. The highest BCUT2D eigenvalue weighted by molar-refractivity contribution is 8.13. The van der Waals surface area contributed by atoms with Crippen molar-refractivity contribution >= 4 is 31.3 Å². The smallest absolute Gasteiger partial charge is 0.261 e. The maximum Gasteiger partial charge on any atom is 0.261 e.